The molecule has 2 aliphatic heterocycles. The number of hydrogen-bond donors (Lipinski definition) is 0. The van der Waals surface area contributed by atoms with Crippen molar-refractivity contribution in [3.05, 3.63) is 93.0 Å². The molecule has 0 saturated heterocycles. The molecule has 0 amide bonds. The molecule has 2 heterocycles. The van der Waals surface area contributed by atoms with E-state index in [9.17, 15) is 9.59 Å². The molecule has 0 bridgehead atoms. The fourth-order valence-electron chi connectivity index (χ4n) is 10.2. The van der Waals surface area contributed by atoms with Gasteiger partial charge in [-0.25, -0.2) is 9.59 Å². The SMILES string of the molecule is COc1cc2c(cc1OC)[C@@H](c1cc(OC)c(OC)c(OC)c1)[N@+](C)(CCCOC(=O)/C=C(\Cl)C(=O)OCCC[N@+]1(C)CCc3cc(OC)c(OC)cc3[C@H]1Cc1cc(OC)c(OC)c(OC)c1)CC2.[Cl-].[Cl-]. The largest absolute Gasteiger partial charge is 1.00 e. The van der Waals surface area contributed by atoms with E-state index in [0.717, 1.165) is 59.8 Å². The van der Waals surface area contributed by atoms with Crippen LogP contribution in [-0.2, 0) is 38.3 Å². The van der Waals surface area contributed by atoms with Gasteiger partial charge in [-0.3, -0.25) is 0 Å². The smallest absolute Gasteiger partial charge is 0.350 e. The second-order valence-electron chi connectivity index (χ2n) is 17.8. The maximum Gasteiger partial charge on any atom is 0.350 e. The molecule has 4 aromatic rings. The summed E-state index contributed by atoms with van der Waals surface area (Å²) in [5.41, 5.74) is 6.47. The average Bonchev–Trinajstić information content (AvgIpc) is 3.37. The highest BCUT2D eigenvalue weighted by molar-refractivity contribution is 6.42. The summed E-state index contributed by atoms with van der Waals surface area (Å²) in [4.78, 5) is 26.1. The molecule has 4 aromatic carbocycles. The van der Waals surface area contributed by atoms with Crippen molar-refractivity contribution in [2.24, 2.45) is 0 Å². The monoisotopic (exact) mass is 1060 g/mol. The van der Waals surface area contributed by atoms with E-state index in [1.807, 2.05) is 36.4 Å². The highest BCUT2D eigenvalue weighted by Gasteiger charge is 2.43. The molecule has 0 radical (unpaired) electrons. The zero-order valence-electron chi connectivity index (χ0n) is 43.4. The van der Waals surface area contributed by atoms with E-state index in [-0.39, 0.29) is 55.1 Å². The van der Waals surface area contributed by atoms with Gasteiger partial charge in [-0.05, 0) is 65.2 Å². The molecule has 0 fully saturated rings. The predicted molar refractivity (Wildman–Crippen MR) is 264 cm³/mol. The number of fused-ring (bicyclic) bond motifs is 2. The molecule has 0 saturated carbocycles. The number of nitrogens with zero attached hydrogens (tertiary/aromatic N) is 2. The minimum atomic E-state index is -0.804. The molecule has 16 nitrogen and oxygen atoms in total. The predicted octanol–water partition coefficient (Wildman–Crippen LogP) is 1.85. The fourth-order valence-corrected chi connectivity index (χ4v) is 10.3. The van der Waals surface area contributed by atoms with Crippen molar-refractivity contribution in [1.29, 1.82) is 0 Å². The number of likely N-dealkylation sites (N-methyl/N-ethyl adjacent to an activating group) is 2. The Morgan fingerprint density at radius 2 is 0.958 bits per heavy atom. The summed E-state index contributed by atoms with van der Waals surface area (Å²) in [7, 11) is 20.5. The van der Waals surface area contributed by atoms with Gasteiger partial charge in [0.05, 0.1) is 125 Å². The zero-order chi connectivity index (χ0) is 50.8. The van der Waals surface area contributed by atoms with E-state index < -0.39 is 11.9 Å². The van der Waals surface area contributed by atoms with E-state index in [0.29, 0.717) is 98.8 Å². The van der Waals surface area contributed by atoms with Gasteiger partial charge in [-0.1, -0.05) is 11.6 Å². The molecule has 2 aliphatic rings. The minimum absolute atomic E-state index is 0. The van der Waals surface area contributed by atoms with Crippen LogP contribution in [0.1, 0.15) is 58.3 Å². The summed E-state index contributed by atoms with van der Waals surface area (Å²) >= 11 is 6.36. The minimum Gasteiger partial charge on any atom is -1.00 e. The normalized spacial score (nSPS) is 18.9. The molecule has 0 spiro atoms. The second-order valence-corrected chi connectivity index (χ2v) is 18.2. The van der Waals surface area contributed by atoms with E-state index in [4.69, 9.17) is 68.4 Å². The highest BCUT2D eigenvalue weighted by atomic mass is 35.5. The number of methoxy groups -OCH3 is 10. The van der Waals surface area contributed by atoms with Crippen molar-refractivity contribution in [3.63, 3.8) is 0 Å². The Kier molecular flexibility index (Phi) is 21.6. The Balaban J connectivity index is 0.00000562. The summed E-state index contributed by atoms with van der Waals surface area (Å²) in [5.74, 6) is 4.29. The molecular weight excluding hydrogens is 995 g/mol. The van der Waals surface area contributed by atoms with E-state index >= 15 is 0 Å². The number of benzene rings is 4. The molecule has 6 rings (SSSR count). The lowest BCUT2D eigenvalue weighted by atomic mass is 9.85. The van der Waals surface area contributed by atoms with Crippen LogP contribution < -0.4 is 72.2 Å². The number of ether oxygens (including phenoxy) is 12. The maximum absolute atomic E-state index is 13.1. The third-order valence-corrected chi connectivity index (χ3v) is 14.1. The molecular formula is C53H69Cl3N2O14. The summed E-state index contributed by atoms with van der Waals surface area (Å²) < 4.78 is 69.4. The molecule has 0 N–H and O–H groups in total. The van der Waals surface area contributed by atoms with Gasteiger partial charge in [0.1, 0.15) is 17.1 Å². The van der Waals surface area contributed by atoms with E-state index in [1.54, 1.807) is 71.1 Å². The quantitative estimate of drug-likeness (QED) is 0.0462. The standard InChI is InChI=1S/C53H69ClN2O14.2ClH/c1-55(19-15-34-26-41(59-3)43(61-5)30-37(34)40(55)23-33-24-45(63-7)51(67-11)46(25-33)64-8)17-13-22-70-53(58)39(54)32-49(57)69-21-14-18-56(2)20-16-35-27-42(60-4)44(62-6)31-38(35)50(56)36-28-47(65-9)52(68-12)48(29-36)66-10;;/h24-32,40,50H,13-23H2,1-12H3;2*1H/q+2;;/p-2/b39-32-;;/t40-,50-,55-,56-;;/m1../s1. The number of hydrogen-bond acceptors (Lipinski definition) is 14. The molecule has 0 unspecified atom stereocenters. The number of carbonyl (C=O) groups excluding carboxylic acids is 2. The number of esters is 2. The van der Waals surface area contributed by atoms with Gasteiger partial charge in [0.15, 0.2) is 46.0 Å². The first-order valence-electron chi connectivity index (χ1n) is 23.2. The Bertz CT molecular complexity index is 2490. The number of rotatable bonds is 23. The molecule has 0 aromatic heterocycles. The van der Waals surface area contributed by atoms with Gasteiger partial charge in [-0.15, -0.1) is 0 Å². The first-order valence-corrected chi connectivity index (χ1v) is 23.5. The lowest BCUT2D eigenvalue weighted by molar-refractivity contribution is -0.941. The Hall–Kier alpha value is -5.65. The first kappa shape index (κ1) is 58.9. The van der Waals surface area contributed by atoms with Gasteiger partial charge >= 0.3 is 11.9 Å². The molecule has 4 atom stereocenters. The third kappa shape index (κ3) is 12.7. The van der Waals surface area contributed by atoms with E-state index in [2.05, 4.69) is 26.2 Å². The fraction of sp³-hybridized carbons (Fsp3) is 0.472. The Morgan fingerprint density at radius 1 is 0.542 bits per heavy atom. The second kappa shape index (κ2) is 26.3. The van der Waals surface area contributed by atoms with Crippen LogP contribution in [0.2, 0.25) is 0 Å². The average molecular weight is 1060 g/mol. The van der Waals surface area contributed by atoms with Crippen molar-refractivity contribution >= 4 is 23.5 Å². The summed E-state index contributed by atoms with van der Waals surface area (Å²) in [6.07, 6.45) is 4.24. The van der Waals surface area contributed by atoms with Crippen molar-refractivity contribution in [2.45, 2.75) is 44.2 Å². The van der Waals surface area contributed by atoms with Gasteiger partial charge in [-0.2, -0.15) is 0 Å². The number of halogens is 3. The maximum atomic E-state index is 13.1. The van der Waals surface area contributed by atoms with Crippen molar-refractivity contribution in [1.82, 2.24) is 0 Å². The third-order valence-electron chi connectivity index (χ3n) is 13.8. The van der Waals surface area contributed by atoms with Crippen molar-refractivity contribution in [2.75, 3.05) is 125 Å². The van der Waals surface area contributed by atoms with Crippen LogP contribution in [0, 0.1) is 0 Å². The van der Waals surface area contributed by atoms with Crippen LogP contribution in [0.5, 0.6) is 57.5 Å². The molecule has 396 valence electrons. The van der Waals surface area contributed by atoms with Crippen LogP contribution in [-0.4, -0.2) is 145 Å². The van der Waals surface area contributed by atoms with Crippen LogP contribution in [0.3, 0.4) is 0 Å². The van der Waals surface area contributed by atoms with E-state index in [1.165, 1.54) is 5.56 Å². The highest BCUT2D eigenvalue weighted by Crippen LogP contribution is 2.49. The lowest BCUT2D eigenvalue weighted by Crippen LogP contribution is -3.00. The Morgan fingerprint density at radius 3 is 1.44 bits per heavy atom. The summed E-state index contributed by atoms with van der Waals surface area (Å²) in [5, 5.41) is -0.364. The summed E-state index contributed by atoms with van der Waals surface area (Å²) in [6.45, 7) is 3.09. The number of quaternary nitrogens is 2. The topological polar surface area (TPSA) is 145 Å². The van der Waals surface area contributed by atoms with Gasteiger partial charge in [0, 0.05) is 54.9 Å². The first-order chi connectivity index (χ1) is 33.7. The molecule has 0 aliphatic carbocycles. The molecule has 19 heteroatoms. The van der Waals surface area contributed by atoms with Crippen LogP contribution >= 0.6 is 11.6 Å². The van der Waals surface area contributed by atoms with Gasteiger partial charge in [0.2, 0.25) is 11.5 Å². The lowest BCUT2D eigenvalue weighted by Gasteiger charge is -2.46. The molecule has 72 heavy (non-hydrogen) atoms. The Labute approximate surface area is 441 Å². The van der Waals surface area contributed by atoms with Crippen molar-refractivity contribution in [3.8, 4) is 57.5 Å². The van der Waals surface area contributed by atoms with Gasteiger partial charge < -0.3 is 90.6 Å². The van der Waals surface area contributed by atoms with Crippen LogP contribution in [0.15, 0.2) is 59.6 Å². The summed E-state index contributed by atoms with van der Waals surface area (Å²) in [6, 6.07) is 15.9. The van der Waals surface area contributed by atoms with Gasteiger partial charge in [0.25, 0.3) is 0 Å². The van der Waals surface area contributed by atoms with Crippen LogP contribution in [0.4, 0.5) is 0 Å². The van der Waals surface area contributed by atoms with Crippen LogP contribution in [0.25, 0.3) is 0 Å². The van der Waals surface area contributed by atoms with Crippen molar-refractivity contribution < 1.29 is 100 Å². The zero-order valence-corrected chi connectivity index (χ0v) is 45.6. The number of carbonyl (C=O) groups is 2.